The molecular weight excluding hydrogens is 238 g/mol. The van der Waals surface area contributed by atoms with Crippen LogP contribution in [0.15, 0.2) is 24.3 Å². The van der Waals surface area contributed by atoms with E-state index in [1.54, 1.807) is 0 Å². The second kappa shape index (κ2) is 5.24. The first-order chi connectivity index (χ1) is 8.93. The molecule has 0 saturated carbocycles. The van der Waals surface area contributed by atoms with Crippen LogP contribution >= 0.6 is 0 Å². The molecule has 1 aromatic carbocycles. The standard InChI is InChI=1S/C16H23NO2/c1-16(2,3)13-7-5-6-8-14(13)17-10-9-12(11-17)15(18)19-4/h5-8,12H,9-11H2,1-4H3. The zero-order valence-corrected chi connectivity index (χ0v) is 12.3. The highest BCUT2D eigenvalue weighted by Crippen LogP contribution is 2.34. The lowest BCUT2D eigenvalue weighted by molar-refractivity contribution is -0.144. The molecule has 1 aliphatic heterocycles. The third-order valence-electron chi connectivity index (χ3n) is 3.78. The number of carbonyl (C=O) groups excluding carboxylic acids is 1. The number of methoxy groups -OCH3 is 1. The number of carbonyl (C=O) groups is 1. The Morgan fingerprint density at radius 2 is 2.00 bits per heavy atom. The average molecular weight is 261 g/mol. The van der Waals surface area contributed by atoms with Gasteiger partial charge in [-0.3, -0.25) is 4.79 Å². The summed E-state index contributed by atoms with van der Waals surface area (Å²) in [6, 6.07) is 8.48. The summed E-state index contributed by atoms with van der Waals surface area (Å²) in [5.74, 6) is -0.0752. The average Bonchev–Trinajstić information content (AvgIpc) is 2.86. The molecule has 1 unspecified atom stereocenters. The molecule has 104 valence electrons. The van der Waals surface area contributed by atoms with E-state index in [2.05, 4.69) is 49.9 Å². The van der Waals surface area contributed by atoms with Crippen LogP contribution < -0.4 is 4.90 Å². The number of hydrogen-bond acceptors (Lipinski definition) is 3. The summed E-state index contributed by atoms with van der Waals surface area (Å²) in [6.07, 6.45) is 0.880. The summed E-state index contributed by atoms with van der Waals surface area (Å²) in [7, 11) is 1.47. The highest BCUT2D eigenvalue weighted by molar-refractivity contribution is 5.74. The van der Waals surface area contributed by atoms with Crippen molar-refractivity contribution >= 4 is 11.7 Å². The van der Waals surface area contributed by atoms with Gasteiger partial charge in [0, 0.05) is 18.8 Å². The van der Waals surface area contributed by atoms with Gasteiger partial charge in [0.25, 0.3) is 0 Å². The Morgan fingerprint density at radius 1 is 1.32 bits per heavy atom. The number of anilines is 1. The van der Waals surface area contributed by atoms with Crippen LogP contribution in [0.25, 0.3) is 0 Å². The van der Waals surface area contributed by atoms with Gasteiger partial charge in [-0.1, -0.05) is 39.0 Å². The van der Waals surface area contributed by atoms with E-state index in [0.29, 0.717) is 0 Å². The summed E-state index contributed by atoms with van der Waals surface area (Å²) in [4.78, 5) is 13.9. The van der Waals surface area contributed by atoms with Crippen molar-refractivity contribution < 1.29 is 9.53 Å². The zero-order chi connectivity index (χ0) is 14.0. The number of esters is 1. The van der Waals surface area contributed by atoms with E-state index in [4.69, 9.17) is 4.74 Å². The Labute approximate surface area is 115 Å². The molecular formula is C16H23NO2. The lowest BCUT2D eigenvalue weighted by atomic mass is 9.85. The maximum absolute atomic E-state index is 11.6. The van der Waals surface area contributed by atoms with Gasteiger partial charge in [0.1, 0.15) is 0 Å². The number of benzene rings is 1. The molecule has 3 nitrogen and oxygen atoms in total. The molecule has 1 aromatic rings. The van der Waals surface area contributed by atoms with Gasteiger partial charge in [0.2, 0.25) is 0 Å². The first-order valence-electron chi connectivity index (χ1n) is 6.86. The van der Waals surface area contributed by atoms with Gasteiger partial charge in [0.05, 0.1) is 13.0 Å². The van der Waals surface area contributed by atoms with Crippen LogP contribution in [0.4, 0.5) is 5.69 Å². The molecule has 0 radical (unpaired) electrons. The van der Waals surface area contributed by atoms with Crippen LogP contribution in [0.2, 0.25) is 0 Å². The molecule has 1 heterocycles. The van der Waals surface area contributed by atoms with Gasteiger partial charge >= 0.3 is 5.97 Å². The zero-order valence-electron chi connectivity index (χ0n) is 12.3. The number of rotatable bonds is 2. The van der Waals surface area contributed by atoms with Crippen LogP contribution in [0.1, 0.15) is 32.8 Å². The molecule has 0 amide bonds. The van der Waals surface area contributed by atoms with Crippen LogP contribution in [0, 0.1) is 5.92 Å². The molecule has 19 heavy (non-hydrogen) atoms. The maximum Gasteiger partial charge on any atom is 0.310 e. The van der Waals surface area contributed by atoms with Gasteiger partial charge < -0.3 is 9.64 Å². The molecule has 2 rings (SSSR count). The maximum atomic E-state index is 11.6. The number of nitrogens with zero attached hydrogens (tertiary/aromatic N) is 1. The van der Waals surface area contributed by atoms with Gasteiger partial charge in [0.15, 0.2) is 0 Å². The second-order valence-corrected chi connectivity index (χ2v) is 6.22. The molecule has 1 saturated heterocycles. The van der Waals surface area contributed by atoms with E-state index in [0.717, 1.165) is 19.5 Å². The first kappa shape index (κ1) is 13.9. The van der Waals surface area contributed by atoms with Crippen LogP contribution in [-0.4, -0.2) is 26.2 Å². The summed E-state index contributed by atoms with van der Waals surface area (Å²) in [6.45, 7) is 8.35. The fourth-order valence-electron chi connectivity index (χ4n) is 2.72. The van der Waals surface area contributed by atoms with E-state index in [9.17, 15) is 4.79 Å². The first-order valence-corrected chi connectivity index (χ1v) is 6.86. The van der Waals surface area contributed by atoms with Crippen LogP contribution in [0.3, 0.4) is 0 Å². The smallest absolute Gasteiger partial charge is 0.310 e. The third kappa shape index (κ3) is 2.91. The normalized spacial score (nSPS) is 19.6. The van der Waals surface area contributed by atoms with Crippen molar-refractivity contribution in [3.8, 4) is 0 Å². The Kier molecular flexibility index (Phi) is 3.83. The van der Waals surface area contributed by atoms with E-state index in [-0.39, 0.29) is 17.3 Å². The van der Waals surface area contributed by atoms with Crippen molar-refractivity contribution in [1.29, 1.82) is 0 Å². The van der Waals surface area contributed by atoms with Crippen molar-refractivity contribution in [1.82, 2.24) is 0 Å². The Balaban J connectivity index is 2.23. The lowest BCUT2D eigenvalue weighted by Gasteiger charge is -2.28. The Hall–Kier alpha value is -1.51. The molecule has 0 aromatic heterocycles. The fraction of sp³-hybridized carbons (Fsp3) is 0.562. The molecule has 0 N–H and O–H groups in total. The minimum absolute atomic E-state index is 0.0121. The van der Waals surface area contributed by atoms with Gasteiger partial charge in [-0.2, -0.15) is 0 Å². The third-order valence-corrected chi connectivity index (χ3v) is 3.78. The van der Waals surface area contributed by atoms with Crippen molar-refractivity contribution in [3.63, 3.8) is 0 Å². The summed E-state index contributed by atoms with van der Waals surface area (Å²) in [5, 5.41) is 0. The fourth-order valence-corrected chi connectivity index (χ4v) is 2.72. The SMILES string of the molecule is COC(=O)C1CCN(c2ccccc2C(C)(C)C)C1. The van der Waals surface area contributed by atoms with Crippen molar-refractivity contribution in [2.45, 2.75) is 32.6 Å². The molecule has 3 heteroatoms. The topological polar surface area (TPSA) is 29.5 Å². The predicted octanol–water partition coefficient (Wildman–Crippen LogP) is 2.98. The molecule has 1 fully saturated rings. The van der Waals surface area contributed by atoms with E-state index in [1.165, 1.54) is 18.4 Å². The van der Waals surface area contributed by atoms with Crippen molar-refractivity contribution in [2.75, 3.05) is 25.1 Å². The summed E-state index contributed by atoms with van der Waals surface area (Å²) in [5.41, 5.74) is 2.70. The van der Waals surface area contributed by atoms with Gasteiger partial charge in [-0.05, 0) is 23.5 Å². The minimum atomic E-state index is -0.0873. The minimum Gasteiger partial charge on any atom is -0.469 e. The van der Waals surface area contributed by atoms with Gasteiger partial charge in [-0.25, -0.2) is 0 Å². The van der Waals surface area contributed by atoms with E-state index < -0.39 is 0 Å². The number of ether oxygens (including phenoxy) is 1. The molecule has 1 aliphatic rings. The van der Waals surface area contributed by atoms with Crippen LogP contribution in [0.5, 0.6) is 0 Å². The molecule has 0 aliphatic carbocycles. The van der Waals surface area contributed by atoms with E-state index in [1.807, 2.05) is 0 Å². The monoisotopic (exact) mass is 261 g/mol. The van der Waals surface area contributed by atoms with Crippen molar-refractivity contribution in [2.24, 2.45) is 5.92 Å². The molecule has 0 bridgehead atoms. The highest BCUT2D eigenvalue weighted by Gasteiger charge is 2.31. The molecule has 0 spiro atoms. The number of para-hydroxylation sites is 1. The number of hydrogen-bond donors (Lipinski definition) is 0. The quantitative estimate of drug-likeness (QED) is 0.767. The van der Waals surface area contributed by atoms with E-state index >= 15 is 0 Å². The predicted molar refractivity (Wildman–Crippen MR) is 77.5 cm³/mol. The lowest BCUT2D eigenvalue weighted by Crippen LogP contribution is -2.26. The summed E-state index contributed by atoms with van der Waals surface area (Å²) < 4.78 is 4.85. The Morgan fingerprint density at radius 3 is 2.63 bits per heavy atom. The summed E-state index contributed by atoms with van der Waals surface area (Å²) >= 11 is 0. The Bertz CT molecular complexity index is 462. The van der Waals surface area contributed by atoms with Crippen molar-refractivity contribution in [3.05, 3.63) is 29.8 Å². The second-order valence-electron chi connectivity index (χ2n) is 6.22. The van der Waals surface area contributed by atoms with Crippen LogP contribution in [-0.2, 0) is 14.9 Å². The highest BCUT2D eigenvalue weighted by atomic mass is 16.5. The van der Waals surface area contributed by atoms with Gasteiger partial charge in [-0.15, -0.1) is 0 Å². The molecule has 1 atom stereocenters. The largest absolute Gasteiger partial charge is 0.469 e.